The molecule has 0 aromatic heterocycles. The third-order valence-corrected chi connectivity index (χ3v) is 4.57. The van der Waals surface area contributed by atoms with Crippen LogP contribution >= 0.6 is 0 Å². The molecule has 0 radical (unpaired) electrons. The van der Waals surface area contributed by atoms with Crippen molar-refractivity contribution in [2.75, 3.05) is 0 Å². The monoisotopic (exact) mass is 222 g/mol. The molecule has 0 amide bonds. The van der Waals surface area contributed by atoms with Gasteiger partial charge in [0.1, 0.15) is 0 Å². The van der Waals surface area contributed by atoms with Gasteiger partial charge >= 0.3 is 0 Å². The Morgan fingerprint density at radius 3 is 2.31 bits per heavy atom. The van der Waals surface area contributed by atoms with Crippen molar-refractivity contribution >= 4 is 0 Å². The van der Waals surface area contributed by atoms with Gasteiger partial charge < -0.3 is 5.11 Å². The maximum absolute atomic E-state index is 9.45. The zero-order chi connectivity index (χ0) is 11.4. The summed E-state index contributed by atoms with van der Waals surface area (Å²) in [7, 11) is 0. The van der Waals surface area contributed by atoms with E-state index < -0.39 is 0 Å². The van der Waals surface area contributed by atoms with Crippen molar-refractivity contribution in [1.29, 1.82) is 0 Å². The minimum atomic E-state index is -0.160. The predicted octanol–water partition coefficient (Wildman–Crippen LogP) is 3.92. The maximum atomic E-state index is 9.45. The Hall–Kier alpha value is -0.300. The first kappa shape index (κ1) is 12.2. The molecule has 0 aromatic carbocycles. The number of aliphatic hydroxyl groups is 1. The number of allylic oxidation sites excluding steroid dienone is 1. The third kappa shape index (κ3) is 3.10. The van der Waals surface area contributed by atoms with Gasteiger partial charge in [0, 0.05) is 0 Å². The van der Waals surface area contributed by atoms with Gasteiger partial charge in [0.2, 0.25) is 0 Å². The van der Waals surface area contributed by atoms with E-state index in [-0.39, 0.29) is 6.10 Å². The topological polar surface area (TPSA) is 20.2 Å². The van der Waals surface area contributed by atoms with E-state index in [1.165, 1.54) is 44.9 Å². The Morgan fingerprint density at radius 2 is 1.75 bits per heavy atom. The lowest BCUT2D eigenvalue weighted by Gasteiger charge is -2.34. The molecular weight excluding hydrogens is 196 g/mol. The van der Waals surface area contributed by atoms with Crippen LogP contribution in [0.25, 0.3) is 0 Å². The summed E-state index contributed by atoms with van der Waals surface area (Å²) in [5.74, 6) is 2.70. The summed E-state index contributed by atoms with van der Waals surface area (Å²) < 4.78 is 0. The minimum Gasteiger partial charge on any atom is -0.389 e. The van der Waals surface area contributed by atoms with E-state index in [9.17, 15) is 5.11 Å². The van der Waals surface area contributed by atoms with Gasteiger partial charge in [-0.05, 0) is 43.4 Å². The molecule has 0 aliphatic heterocycles. The molecule has 2 unspecified atom stereocenters. The Balaban J connectivity index is 1.78. The summed E-state index contributed by atoms with van der Waals surface area (Å²) in [6.07, 6.45) is 14.9. The first-order valence-corrected chi connectivity index (χ1v) is 7.16. The van der Waals surface area contributed by atoms with Crippen LogP contribution in [0.2, 0.25) is 0 Å². The average Bonchev–Trinajstić information content (AvgIpc) is 2.32. The van der Waals surface area contributed by atoms with E-state index in [4.69, 9.17) is 0 Å². The van der Waals surface area contributed by atoms with Gasteiger partial charge in [-0.2, -0.15) is 0 Å². The third-order valence-electron chi connectivity index (χ3n) is 4.57. The van der Waals surface area contributed by atoms with Crippen LogP contribution in [0, 0.1) is 17.8 Å². The van der Waals surface area contributed by atoms with Crippen LogP contribution in [0.5, 0.6) is 0 Å². The van der Waals surface area contributed by atoms with Crippen LogP contribution in [0.1, 0.15) is 58.3 Å². The highest BCUT2D eigenvalue weighted by molar-refractivity contribution is 5.01. The van der Waals surface area contributed by atoms with E-state index in [1.54, 1.807) is 0 Å². The van der Waals surface area contributed by atoms with Crippen molar-refractivity contribution in [1.82, 2.24) is 0 Å². The second kappa shape index (κ2) is 5.86. The molecule has 0 saturated heterocycles. The van der Waals surface area contributed by atoms with E-state index in [0.29, 0.717) is 0 Å². The number of hydrogen-bond donors (Lipinski definition) is 1. The first-order valence-electron chi connectivity index (χ1n) is 7.16. The van der Waals surface area contributed by atoms with Crippen LogP contribution in [-0.2, 0) is 0 Å². The molecule has 92 valence electrons. The highest BCUT2D eigenvalue weighted by Gasteiger charge is 2.27. The van der Waals surface area contributed by atoms with E-state index >= 15 is 0 Å². The minimum absolute atomic E-state index is 0.160. The number of aliphatic hydroxyl groups excluding tert-OH is 1. The van der Waals surface area contributed by atoms with Gasteiger partial charge in [-0.3, -0.25) is 0 Å². The van der Waals surface area contributed by atoms with Crippen molar-refractivity contribution in [3.05, 3.63) is 12.2 Å². The maximum Gasteiger partial charge on any atom is 0.0721 e. The summed E-state index contributed by atoms with van der Waals surface area (Å²) in [6.45, 7) is 2.30. The lowest BCUT2D eigenvalue weighted by Crippen LogP contribution is -2.24. The lowest BCUT2D eigenvalue weighted by atomic mass is 9.72. The molecule has 1 nitrogen and oxygen atoms in total. The Kier molecular flexibility index (Phi) is 4.45. The zero-order valence-electron chi connectivity index (χ0n) is 10.6. The van der Waals surface area contributed by atoms with Gasteiger partial charge in [0.25, 0.3) is 0 Å². The SMILES string of the molecule is CCCC1CCC(C2C=CC(O)CC2)CC1. The predicted molar refractivity (Wildman–Crippen MR) is 68.2 cm³/mol. The second-order valence-corrected chi connectivity index (χ2v) is 5.76. The molecule has 0 heterocycles. The average molecular weight is 222 g/mol. The largest absolute Gasteiger partial charge is 0.389 e. The fourth-order valence-corrected chi connectivity index (χ4v) is 3.53. The smallest absolute Gasteiger partial charge is 0.0721 e. The molecule has 16 heavy (non-hydrogen) atoms. The van der Waals surface area contributed by atoms with Crippen LogP contribution in [0.15, 0.2) is 12.2 Å². The van der Waals surface area contributed by atoms with Crippen LogP contribution in [0.4, 0.5) is 0 Å². The summed E-state index contributed by atoms with van der Waals surface area (Å²) in [6, 6.07) is 0. The van der Waals surface area contributed by atoms with Crippen molar-refractivity contribution in [3.8, 4) is 0 Å². The molecule has 1 saturated carbocycles. The molecule has 0 spiro atoms. The molecular formula is C15H26O. The molecule has 1 heteroatoms. The molecule has 0 bridgehead atoms. The number of rotatable bonds is 3. The molecule has 2 rings (SSSR count). The van der Waals surface area contributed by atoms with Gasteiger partial charge in [0.15, 0.2) is 0 Å². The molecule has 2 aliphatic rings. The fraction of sp³-hybridized carbons (Fsp3) is 0.867. The summed E-state index contributed by atoms with van der Waals surface area (Å²) >= 11 is 0. The zero-order valence-corrected chi connectivity index (χ0v) is 10.6. The quantitative estimate of drug-likeness (QED) is 0.718. The van der Waals surface area contributed by atoms with Crippen LogP contribution in [0.3, 0.4) is 0 Å². The molecule has 1 fully saturated rings. The Labute approximate surface area is 99.9 Å². The molecule has 2 aliphatic carbocycles. The molecule has 1 N–H and O–H groups in total. The lowest BCUT2D eigenvalue weighted by molar-refractivity contribution is 0.162. The van der Waals surface area contributed by atoms with Gasteiger partial charge in [-0.15, -0.1) is 0 Å². The fourth-order valence-electron chi connectivity index (χ4n) is 3.53. The summed E-state index contributed by atoms with van der Waals surface area (Å²) in [5, 5.41) is 9.45. The summed E-state index contributed by atoms with van der Waals surface area (Å²) in [4.78, 5) is 0. The Bertz CT molecular complexity index is 226. The highest BCUT2D eigenvalue weighted by atomic mass is 16.3. The van der Waals surface area contributed by atoms with Crippen LogP contribution in [-0.4, -0.2) is 11.2 Å². The highest BCUT2D eigenvalue weighted by Crippen LogP contribution is 2.38. The van der Waals surface area contributed by atoms with E-state index in [0.717, 1.165) is 24.2 Å². The first-order chi connectivity index (χ1) is 7.79. The second-order valence-electron chi connectivity index (χ2n) is 5.76. The van der Waals surface area contributed by atoms with Crippen molar-refractivity contribution in [3.63, 3.8) is 0 Å². The van der Waals surface area contributed by atoms with Crippen molar-refractivity contribution in [2.45, 2.75) is 64.4 Å². The van der Waals surface area contributed by atoms with Crippen LogP contribution < -0.4 is 0 Å². The summed E-state index contributed by atoms with van der Waals surface area (Å²) in [5.41, 5.74) is 0. The normalized spacial score (nSPS) is 39.9. The van der Waals surface area contributed by atoms with Crippen molar-refractivity contribution < 1.29 is 5.11 Å². The Morgan fingerprint density at radius 1 is 1.00 bits per heavy atom. The standard InChI is InChI=1S/C15H26O/c1-2-3-12-4-6-13(7-5-12)14-8-10-15(16)11-9-14/h8,10,12-16H,2-7,9,11H2,1H3. The van der Waals surface area contributed by atoms with Crippen molar-refractivity contribution in [2.24, 2.45) is 17.8 Å². The molecule has 0 aromatic rings. The van der Waals surface area contributed by atoms with Gasteiger partial charge in [0.05, 0.1) is 6.10 Å². The van der Waals surface area contributed by atoms with E-state index in [2.05, 4.69) is 13.0 Å². The van der Waals surface area contributed by atoms with E-state index in [1.807, 2.05) is 6.08 Å². The van der Waals surface area contributed by atoms with Gasteiger partial charge in [-0.25, -0.2) is 0 Å². The van der Waals surface area contributed by atoms with Gasteiger partial charge in [-0.1, -0.05) is 44.8 Å². The molecule has 2 atom stereocenters. The number of hydrogen-bond acceptors (Lipinski definition) is 1.